The minimum absolute atomic E-state index is 0.0140. The van der Waals surface area contributed by atoms with E-state index in [4.69, 9.17) is 0 Å². The topological polar surface area (TPSA) is 38.8 Å². The SMILES string of the molecule is COC(=O)C1CN(CCOCC(F)(F)F)CC1C. The van der Waals surface area contributed by atoms with Gasteiger partial charge in [-0.3, -0.25) is 9.69 Å². The predicted octanol–water partition coefficient (Wildman–Crippen LogP) is 1.31. The average Bonchev–Trinajstić information content (AvgIpc) is 2.64. The summed E-state index contributed by atoms with van der Waals surface area (Å²) in [6.45, 7) is 2.31. The normalized spacial score (nSPS) is 25.4. The minimum atomic E-state index is -4.28. The molecule has 1 heterocycles. The van der Waals surface area contributed by atoms with Crippen LogP contribution in [0.2, 0.25) is 0 Å². The smallest absolute Gasteiger partial charge is 0.411 e. The number of alkyl halides is 3. The molecule has 2 unspecified atom stereocenters. The minimum Gasteiger partial charge on any atom is -0.469 e. The Bertz CT molecular complexity index is 283. The molecule has 0 aliphatic carbocycles. The fourth-order valence-corrected chi connectivity index (χ4v) is 2.09. The Morgan fingerprint density at radius 2 is 2.06 bits per heavy atom. The van der Waals surface area contributed by atoms with Crippen LogP contribution in [0.15, 0.2) is 0 Å². The van der Waals surface area contributed by atoms with Crippen LogP contribution in [-0.2, 0) is 14.3 Å². The number of hydrogen-bond acceptors (Lipinski definition) is 4. The predicted molar refractivity (Wildman–Crippen MR) is 58.0 cm³/mol. The van der Waals surface area contributed by atoms with Crippen molar-refractivity contribution in [1.29, 1.82) is 0 Å². The van der Waals surface area contributed by atoms with E-state index in [1.54, 1.807) is 0 Å². The molecule has 1 aliphatic rings. The van der Waals surface area contributed by atoms with Gasteiger partial charge >= 0.3 is 12.1 Å². The molecule has 0 radical (unpaired) electrons. The van der Waals surface area contributed by atoms with Crippen molar-refractivity contribution in [2.45, 2.75) is 13.1 Å². The molecule has 0 bridgehead atoms. The van der Waals surface area contributed by atoms with Gasteiger partial charge in [-0.05, 0) is 5.92 Å². The number of esters is 1. The lowest BCUT2D eigenvalue weighted by molar-refractivity contribution is -0.174. The number of ether oxygens (including phenoxy) is 2. The second kappa shape index (κ2) is 6.38. The summed E-state index contributed by atoms with van der Waals surface area (Å²) in [7, 11) is 1.34. The highest BCUT2D eigenvalue weighted by Gasteiger charge is 2.35. The number of nitrogens with zero attached hydrogens (tertiary/aromatic N) is 1. The van der Waals surface area contributed by atoms with E-state index in [-0.39, 0.29) is 24.4 Å². The Balaban J connectivity index is 2.24. The summed E-state index contributed by atoms with van der Waals surface area (Å²) in [5.74, 6) is -0.307. The van der Waals surface area contributed by atoms with E-state index < -0.39 is 12.8 Å². The average molecular weight is 269 g/mol. The van der Waals surface area contributed by atoms with Crippen LogP contribution in [0.4, 0.5) is 13.2 Å². The molecule has 0 spiro atoms. The van der Waals surface area contributed by atoms with Crippen molar-refractivity contribution in [3.63, 3.8) is 0 Å². The molecule has 4 nitrogen and oxygen atoms in total. The van der Waals surface area contributed by atoms with E-state index in [0.717, 1.165) is 0 Å². The first kappa shape index (κ1) is 15.2. The number of likely N-dealkylation sites (tertiary alicyclic amines) is 1. The molecule has 0 aromatic heterocycles. The molecule has 7 heteroatoms. The van der Waals surface area contributed by atoms with Gasteiger partial charge in [-0.25, -0.2) is 0 Å². The zero-order valence-corrected chi connectivity index (χ0v) is 10.5. The van der Waals surface area contributed by atoms with Crippen LogP contribution in [0.25, 0.3) is 0 Å². The van der Waals surface area contributed by atoms with E-state index in [0.29, 0.717) is 19.6 Å². The molecule has 0 saturated carbocycles. The van der Waals surface area contributed by atoms with Crippen molar-refractivity contribution in [2.75, 3.05) is 40.0 Å². The molecule has 2 atom stereocenters. The van der Waals surface area contributed by atoms with Crippen LogP contribution in [0.1, 0.15) is 6.92 Å². The first-order chi connectivity index (χ1) is 8.33. The summed E-state index contributed by atoms with van der Waals surface area (Å²) in [5, 5.41) is 0. The fraction of sp³-hybridized carbons (Fsp3) is 0.909. The van der Waals surface area contributed by atoms with Crippen LogP contribution >= 0.6 is 0 Å². The van der Waals surface area contributed by atoms with E-state index in [2.05, 4.69) is 9.47 Å². The molecular weight excluding hydrogens is 251 g/mol. The second-order valence-electron chi connectivity index (χ2n) is 4.53. The lowest BCUT2D eigenvalue weighted by Gasteiger charge is -2.15. The highest BCUT2D eigenvalue weighted by Crippen LogP contribution is 2.23. The van der Waals surface area contributed by atoms with E-state index >= 15 is 0 Å². The highest BCUT2D eigenvalue weighted by atomic mass is 19.4. The van der Waals surface area contributed by atoms with Gasteiger partial charge in [0.05, 0.1) is 19.6 Å². The molecule has 106 valence electrons. The van der Waals surface area contributed by atoms with Crippen molar-refractivity contribution in [3.8, 4) is 0 Å². The summed E-state index contributed by atoms with van der Waals surface area (Å²) in [4.78, 5) is 13.3. The maximum absolute atomic E-state index is 11.8. The van der Waals surface area contributed by atoms with Gasteiger partial charge in [0.1, 0.15) is 6.61 Å². The molecule has 0 aromatic rings. The lowest BCUT2D eigenvalue weighted by atomic mass is 9.99. The summed E-state index contributed by atoms with van der Waals surface area (Å²) in [6, 6.07) is 0. The van der Waals surface area contributed by atoms with E-state index in [1.165, 1.54) is 7.11 Å². The van der Waals surface area contributed by atoms with Crippen LogP contribution in [0.5, 0.6) is 0 Å². The van der Waals surface area contributed by atoms with Crippen LogP contribution in [0, 0.1) is 11.8 Å². The molecular formula is C11H18F3NO3. The van der Waals surface area contributed by atoms with Crippen molar-refractivity contribution < 1.29 is 27.4 Å². The fourth-order valence-electron chi connectivity index (χ4n) is 2.09. The number of carbonyl (C=O) groups excluding carboxylic acids is 1. The lowest BCUT2D eigenvalue weighted by Crippen LogP contribution is -2.28. The highest BCUT2D eigenvalue weighted by molar-refractivity contribution is 5.73. The van der Waals surface area contributed by atoms with Crippen molar-refractivity contribution >= 4 is 5.97 Å². The Labute approximate surface area is 104 Å². The van der Waals surface area contributed by atoms with Gasteiger partial charge in [0.2, 0.25) is 0 Å². The van der Waals surface area contributed by atoms with Gasteiger partial charge < -0.3 is 9.47 Å². The molecule has 1 aliphatic heterocycles. The van der Waals surface area contributed by atoms with Gasteiger partial charge in [-0.15, -0.1) is 0 Å². The first-order valence-corrected chi connectivity index (χ1v) is 5.78. The summed E-state index contributed by atoms with van der Waals surface area (Å²) < 4.78 is 44.7. The first-order valence-electron chi connectivity index (χ1n) is 5.78. The quantitative estimate of drug-likeness (QED) is 0.557. The number of methoxy groups -OCH3 is 1. The van der Waals surface area contributed by atoms with Gasteiger partial charge in [-0.2, -0.15) is 13.2 Å². The van der Waals surface area contributed by atoms with Crippen molar-refractivity contribution in [3.05, 3.63) is 0 Å². The second-order valence-corrected chi connectivity index (χ2v) is 4.53. The Kier molecular flexibility index (Phi) is 5.40. The van der Waals surface area contributed by atoms with Crippen LogP contribution in [0.3, 0.4) is 0 Å². The van der Waals surface area contributed by atoms with Crippen LogP contribution < -0.4 is 0 Å². The summed E-state index contributed by atoms with van der Waals surface area (Å²) in [6.07, 6.45) is -4.28. The van der Waals surface area contributed by atoms with Crippen LogP contribution in [-0.4, -0.2) is 57.0 Å². The molecule has 1 saturated heterocycles. The summed E-state index contributed by atoms with van der Waals surface area (Å²) in [5.41, 5.74) is 0. The molecule has 0 aromatic carbocycles. The largest absolute Gasteiger partial charge is 0.469 e. The van der Waals surface area contributed by atoms with Gasteiger partial charge in [-0.1, -0.05) is 6.92 Å². The van der Waals surface area contributed by atoms with Gasteiger partial charge in [0.15, 0.2) is 0 Å². The molecule has 1 fully saturated rings. The van der Waals surface area contributed by atoms with Crippen molar-refractivity contribution in [1.82, 2.24) is 4.90 Å². The Morgan fingerprint density at radius 1 is 1.39 bits per heavy atom. The van der Waals surface area contributed by atoms with E-state index in [9.17, 15) is 18.0 Å². The molecule has 0 amide bonds. The standard InChI is InChI=1S/C11H18F3NO3/c1-8-5-15(6-9(8)10(16)17-2)3-4-18-7-11(12,13)14/h8-9H,3-7H2,1-2H3. The van der Waals surface area contributed by atoms with E-state index in [1.807, 2.05) is 11.8 Å². The Hall–Kier alpha value is -0.820. The number of halogens is 3. The Morgan fingerprint density at radius 3 is 2.61 bits per heavy atom. The zero-order valence-electron chi connectivity index (χ0n) is 10.5. The molecule has 18 heavy (non-hydrogen) atoms. The third-order valence-corrected chi connectivity index (χ3v) is 3.01. The van der Waals surface area contributed by atoms with Crippen molar-refractivity contribution in [2.24, 2.45) is 11.8 Å². The van der Waals surface area contributed by atoms with Gasteiger partial charge in [0, 0.05) is 19.6 Å². The third-order valence-electron chi connectivity index (χ3n) is 3.01. The number of rotatable bonds is 5. The number of hydrogen-bond donors (Lipinski definition) is 0. The molecule has 1 rings (SSSR count). The monoisotopic (exact) mass is 269 g/mol. The third kappa shape index (κ3) is 4.81. The zero-order chi connectivity index (χ0) is 13.8. The van der Waals surface area contributed by atoms with Gasteiger partial charge in [0.25, 0.3) is 0 Å². The summed E-state index contributed by atoms with van der Waals surface area (Å²) >= 11 is 0. The maximum Gasteiger partial charge on any atom is 0.411 e. The maximum atomic E-state index is 11.8. The molecule has 0 N–H and O–H groups in total. The number of carbonyl (C=O) groups is 1.